The van der Waals surface area contributed by atoms with Gasteiger partial charge in [0.25, 0.3) is 0 Å². The average molecular weight is 291 g/mol. The molecular formula is C15H19ClN4. The number of halogens is 1. The van der Waals surface area contributed by atoms with Crippen LogP contribution in [0.15, 0.2) is 30.5 Å². The van der Waals surface area contributed by atoms with Crippen LogP contribution in [0.4, 0.5) is 17.5 Å². The van der Waals surface area contributed by atoms with Gasteiger partial charge in [-0.3, -0.25) is 0 Å². The Labute approximate surface area is 124 Å². The van der Waals surface area contributed by atoms with Gasteiger partial charge in [-0.1, -0.05) is 17.7 Å². The van der Waals surface area contributed by atoms with Crippen molar-refractivity contribution in [1.82, 2.24) is 9.97 Å². The molecule has 1 aromatic heterocycles. The van der Waals surface area contributed by atoms with E-state index in [9.17, 15) is 0 Å². The van der Waals surface area contributed by atoms with Crippen LogP contribution >= 0.6 is 11.6 Å². The predicted octanol–water partition coefficient (Wildman–Crippen LogP) is 4.39. The van der Waals surface area contributed by atoms with Gasteiger partial charge in [0.1, 0.15) is 5.82 Å². The maximum absolute atomic E-state index is 6.01. The average Bonchev–Trinajstić information content (AvgIpc) is 2.32. The van der Waals surface area contributed by atoms with Crippen molar-refractivity contribution in [2.75, 3.05) is 10.6 Å². The third-order valence-electron chi connectivity index (χ3n) is 2.60. The molecule has 2 N–H and O–H groups in total. The largest absolute Gasteiger partial charge is 0.365 e. The van der Waals surface area contributed by atoms with E-state index in [2.05, 4.69) is 41.4 Å². The third-order valence-corrected chi connectivity index (χ3v) is 2.84. The van der Waals surface area contributed by atoms with E-state index in [0.29, 0.717) is 11.0 Å². The fourth-order valence-corrected chi connectivity index (χ4v) is 1.89. The number of aromatic nitrogens is 2. The Morgan fingerprint density at radius 2 is 1.90 bits per heavy atom. The number of hydrogen-bond acceptors (Lipinski definition) is 4. The highest BCUT2D eigenvalue weighted by atomic mass is 35.5. The van der Waals surface area contributed by atoms with Crippen molar-refractivity contribution in [3.63, 3.8) is 0 Å². The summed E-state index contributed by atoms with van der Waals surface area (Å²) in [5.74, 6) is 1.33. The van der Waals surface area contributed by atoms with Crippen molar-refractivity contribution < 1.29 is 0 Å². The van der Waals surface area contributed by atoms with E-state index in [1.54, 1.807) is 6.20 Å². The van der Waals surface area contributed by atoms with E-state index in [0.717, 1.165) is 17.1 Å². The standard InChI is InChI=1S/C15H19ClN4/c1-10-5-6-11(16)9-12(10)18-14-17-8-7-13(19-14)20-15(2,3)4/h5-9H,1-4H3,(H2,17,18,19,20). The van der Waals surface area contributed by atoms with Crippen molar-refractivity contribution in [3.8, 4) is 0 Å². The fourth-order valence-electron chi connectivity index (χ4n) is 1.72. The van der Waals surface area contributed by atoms with Gasteiger partial charge in [0.15, 0.2) is 0 Å². The summed E-state index contributed by atoms with van der Waals surface area (Å²) in [5.41, 5.74) is 1.95. The molecule has 1 aromatic carbocycles. The second-order valence-electron chi connectivity index (χ2n) is 5.72. The number of aryl methyl sites for hydroxylation is 1. The molecule has 5 heteroatoms. The third kappa shape index (κ3) is 4.10. The molecule has 0 unspecified atom stereocenters. The second kappa shape index (κ2) is 5.67. The Kier molecular flexibility index (Phi) is 4.14. The first-order chi connectivity index (χ1) is 9.33. The summed E-state index contributed by atoms with van der Waals surface area (Å²) in [6.45, 7) is 8.27. The molecule has 0 bridgehead atoms. The molecule has 106 valence electrons. The minimum absolute atomic E-state index is 0.0441. The maximum atomic E-state index is 6.01. The smallest absolute Gasteiger partial charge is 0.229 e. The molecule has 2 rings (SSSR count). The summed E-state index contributed by atoms with van der Waals surface area (Å²) in [7, 11) is 0. The lowest BCUT2D eigenvalue weighted by molar-refractivity contribution is 0.630. The summed E-state index contributed by atoms with van der Waals surface area (Å²) in [6, 6.07) is 7.54. The SMILES string of the molecule is Cc1ccc(Cl)cc1Nc1nccc(NC(C)(C)C)n1. The Bertz CT molecular complexity index is 605. The molecule has 0 aliphatic carbocycles. The molecule has 0 saturated carbocycles. The van der Waals surface area contributed by atoms with Gasteiger partial charge in [-0.25, -0.2) is 4.98 Å². The molecule has 0 saturated heterocycles. The van der Waals surface area contributed by atoms with Crippen LogP contribution in [0.5, 0.6) is 0 Å². The Morgan fingerprint density at radius 1 is 1.15 bits per heavy atom. The normalized spacial score (nSPS) is 11.2. The highest BCUT2D eigenvalue weighted by Gasteiger charge is 2.11. The summed E-state index contributed by atoms with van der Waals surface area (Å²) < 4.78 is 0. The van der Waals surface area contributed by atoms with E-state index in [1.807, 2.05) is 31.2 Å². The first-order valence-electron chi connectivity index (χ1n) is 6.48. The number of benzene rings is 1. The molecular weight excluding hydrogens is 272 g/mol. The van der Waals surface area contributed by atoms with Crippen molar-refractivity contribution in [2.24, 2.45) is 0 Å². The van der Waals surface area contributed by atoms with Gasteiger partial charge in [-0.2, -0.15) is 4.98 Å². The van der Waals surface area contributed by atoms with Crippen LogP contribution in [0.2, 0.25) is 5.02 Å². The Balaban J connectivity index is 2.21. The van der Waals surface area contributed by atoms with Crippen LogP contribution in [-0.2, 0) is 0 Å². The van der Waals surface area contributed by atoms with Crippen LogP contribution in [0.25, 0.3) is 0 Å². The van der Waals surface area contributed by atoms with Crippen molar-refractivity contribution in [2.45, 2.75) is 33.2 Å². The minimum Gasteiger partial charge on any atom is -0.365 e. The zero-order valence-corrected chi connectivity index (χ0v) is 12.9. The summed E-state index contributed by atoms with van der Waals surface area (Å²) in [6.07, 6.45) is 1.73. The van der Waals surface area contributed by atoms with Gasteiger partial charge >= 0.3 is 0 Å². The first kappa shape index (κ1) is 14.6. The van der Waals surface area contributed by atoms with Crippen LogP contribution in [0.1, 0.15) is 26.3 Å². The molecule has 0 aliphatic rings. The molecule has 0 atom stereocenters. The molecule has 0 amide bonds. The van der Waals surface area contributed by atoms with Crippen LogP contribution < -0.4 is 10.6 Å². The van der Waals surface area contributed by atoms with E-state index in [1.165, 1.54) is 0 Å². The van der Waals surface area contributed by atoms with Gasteiger partial charge in [0, 0.05) is 22.4 Å². The quantitative estimate of drug-likeness (QED) is 0.880. The zero-order chi connectivity index (χ0) is 14.8. The minimum atomic E-state index is -0.0441. The lowest BCUT2D eigenvalue weighted by Gasteiger charge is -2.21. The lowest BCUT2D eigenvalue weighted by Crippen LogP contribution is -2.26. The van der Waals surface area contributed by atoms with Gasteiger partial charge in [-0.15, -0.1) is 0 Å². The monoisotopic (exact) mass is 290 g/mol. The molecule has 0 spiro atoms. The van der Waals surface area contributed by atoms with Gasteiger partial charge < -0.3 is 10.6 Å². The second-order valence-corrected chi connectivity index (χ2v) is 6.16. The van der Waals surface area contributed by atoms with Gasteiger partial charge in [-0.05, 0) is 51.5 Å². The Hall–Kier alpha value is -1.81. The van der Waals surface area contributed by atoms with E-state index in [-0.39, 0.29) is 5.54 Å². The van der Waals surface area contributed by atoms with Crippen LogP contribution in [-0.4, -0.2) is 15.5 Å². The topological polar surface area (TPSA) is 49.8 Å². The maximum Gasteiger partial charge on any atom is 0.229 e. The Morgan fingerprint density at radius 3 is 2.60 bits per heavy atom. The summed E-state index contributed by atoms with van der Waals surface area (Å²) in [4.78, 5) is 8.68. The number of anilines is 3. The number of nitrogens with zero attached hydrogens (tertiary/aromatic N) is 2. The van der Waals surface area contributed by atoms with Crippen LogP contribution in [0, 0.1) is 6.92 Å². The molecule has 4 nitrogen and oxygen atoms in total. The number of nitrogens with one attached hydrogen (secondary N) is 2. The molecule has 2 aromatic rings. The predicted molar refractivity (Wildman–Crippen MR) is 84.9 cm³/mol. The van der Waals surface area contributed by atoms with Gasteiger partial charge in [0.2, 0.25) is 5.95 Å². The van der Waals surface area contributed by atoms with Crippen molar-refractivity contribution >= 4 is 29.1 Å². The lowest BCUT2D eigenvalue weighted by atomic mass is 10.1. The molecule has 0 aliphatic heterocycles. The van der Waals surface area contributed by atoms with E-state index < -0.39 is 0 Å². The number of hydrogen-bond donors (Lipinski definition) is 2. The van der Waals surface area contributed by atoms with E-state index >= 15 is 0 Å². The number of rotatable bonds is 3. The van der Waals surface area contributed by atoms with Gasteiger partial charge in [0.05, 0.1) is 0 Å². The zero-order valence-electron chi connectivity index (χ0n) is 12.2. The van der Waals surface area contributed by atoms with E-state index in [4.69, 9.17) is 11.6 Å². The van der Waals surface area contributed by atoms with Crippen molar-refractivity contribution in [1.29, 1.82) is 0 Å². The van der Waals surface area contributed by atoms with Crippen molar-refractivity contribution in [3.05, 3.63) is 41.0 Å². The first-order valence-corrected chi connectivity index (χ1v) is 6.86. The highest BCUT2D eigenvalue weighted by Crippen LogP contribution is 2.23. The molecule has 0 fully saturated rings. The molecule has 0 radical (unpaired) electrons. The molecule has 1 heterocycles. The highest BCUT2D eigenvalue weighted by molar-refractivity contribution is 6.30. The van der Waals surface area contributed by atoms with Crippen LogP contribution in [0.3, 0.4) is 0 Å². The molecule has 20 heavy (non-hydrogen) atoms. The summed E-state index contributed by atoms with van der Waals surface area (Å²) >= 11 is 6.01. The fraction of sp³-hybridized carbons (Fsp3) is 0.333. The summed E-state index contributed by atoms with van der Waals surface area (Å²) in [5, 5.41) is 7.19.